The topological polar surface area (TPSA) is 63.8 Å². The largest absolute Gasteiger partial charge is 0.449 e. The van der Waals surface area contributed by atoms with E-state index in [1.165, 1.54) is 0 Å². The number of fused-ring (bicyclic) bond motifs is 2. The lowest BCUT2D eigenvalue weighted by atomic mass is 10.1. The molecule has 0 saturated carbocycles. The standard InChI is InChI=1S/C23H22F6N6/c24-22(25,26)20-30-15-6-1-4-14(18(15)32-20)5-3-9-34-10-12-35(13-11-34)17-8-2-7-16-19(17)33-21(31-16)23(27,28)29/h1-2,4,6-8H,3,5,9-13H2,(H,30,32)(H,31,33). The number of hydrogen-bond donors (Lipinski definition) is 2. The minimum atomic E-state index is -4.54. The monoisotopic (exact) mass is 496 g/mol. The second kappa shape index (κ2) is 8.74. The van der Waals surface area contributed by atoms with E-state index in [0.717, 1.165) is 31.6 Å². The minimum absolute atomic E-state index is 0.304. The van der Waals surface area contributed by atoms with Gasteiger partial charge in [0, 0.05) is 26.2 Å². The van der Waals surface area contributed by atoms with E-state index in [0.29, 0.717) is 47.3 Å². The van der Waals surface area contributed by atoms with E-state index in [4.69, 9.17) is 0 Å². The molecule has 0 bridgehead atoms. The van der Waals surface area contributed by atoms with E-state index in [1.807, 2.05) is 4.90 Å². The first-order valence-corrected chi connectivity index (χ1v) is 11.2. The molecular weight excluding hydrogens is 474 g/mol. The fourth-order valence-electron chi connectivity index (χ4n) is 4.54. The van der Waals surface area contributed by atoms with Crippen molar-refractivity contribution in [2.75, 3.05) is 37.6 Å². The molecule has 12 heteroatoms. The first kappa shape index (κ1) is 23.5. The molecule has 0 unspecified atom stereocenters. The fraction of sp³-hybridized carbons (Fsp3) is 0.391. The van der Waals surface area contributed by atoms with E-state index in [2.05, 4.69) is 24.8 Å². The van der Waals surface area contributed by atoms with Gasteiger partial charge in [0.05, 0.1) is 22.2 Å². The molecule has 0 atom stereocenters. The Morgan fingerprint density at radius 2 is 1.31 bits per heavy atom. The van der Waals surface area contributed by atoms with Gasteiger partial charge in [-0.3, -0.25) is 4.90 Å². The highest BCUT2D eigenvalue weighted by Gasteiger charge is 2.36. The van der Waals surface area contributed by atoms with Gasteiger partial charge in [0.1, 0.15) is 5.52 Å². The quantitative estimate of drug-likeness (QED) is 0.372. The Morgan fingerprint density at radius 1 is 0.743 bits per heavy atom. The zero-order valence-electron chi connectivity index (χ0n) is 18.5. The van der Waals surface area contributed by atoms with Gasteiger partial charge in [0.15, 0.2) is 0 Å². The predicted octanol–water partition coefficient (Wildman–Crippen LogP) is 5.23. The maximum absolute atomic E-state index is 13.1. The van der Waals surface area contributed by atoms with Gasteiger partial charge < -0.3 is 14.9 Å². The summed E-state index contributed by atoms with van der Waals surface area (Å²) in [5.74, 6) is -2.00. The number of aromatic nitrogens is 4. The number of imidazole rings is 2. The van der Waals surface area contributed by atoms with E-state index in [9.17, 15) is 26.3 Å². The number of hydrogen-bond acceptors (Lipinski definition) is 4. The van der Waals surface area contributed by atoms with Gasteiger partial charge in [-0.05, 0) is 43.1 Å². The van der Waals surface area contributed by atoms with Crippen molar-refractivity contribution in [3.63, 3.8) is 0 Å². The molecule has 0 spiro atoms. The highest BCUT2D eigenvalue weighted by molar-refractivity contribution is 5.89. The van der Waals surface area contributed by atoms with Gasteiger partial charge in [-0.15, -0.1) is 0 Å². The Kier molecular flexibility index (Phi) is 5.86. The number of para-hydroxylation sites is 2. The molecule has 3 heterocycles. The smallest absolute Gasteiger partial charge is 0.367 e. The molecule has 0 radical (unpaired) electrons. The molecule has 1 aliphatic rings. The fourth-order valence-corrected chi connectivity index (χ4v) is 4.54. The summed E-state index contributed by atoms with van der Waals surface area (Å²) in [6.07, 6.45) is -7.72. The van der Waals surface area contributed by atoms with Crippen LogP contribution < -0.4 is 4.90 Å². The summed E-state index contributed by atoms with van der Waals surface area (Å²) in [6.45, 7) is 3.47. The third-order valence-electron chi connectivity index (χ3n) is 6.26. The lowest BCUT2D eigenvalue weighted by Crippen LogP contribution is -2.46. The van der Waals surface area contributed by atoms with Crippen LogP contribution in [0.15, 0.2) is 36.4 Å². The van der Waals surface area contributed by atoms with E-state index in [-0.39, 0.29) is 0 Å². The number of anilines is 1. The van der Waals surface area contributed by atoms with Crippen LogP contribution in [0, 0.1) is 0 Å². The minimum Gasteiger partial charge on any atom is -0.367 e. The number of nitrogens with one attached hydrogen (secondary N) is 2. The third-order valence-corrected chi connectivity index (χ3v) is 6.26. The normalized spacial score (nSPS) is 16.0. The maximum atomic E-state index is 13.1. The Bertz CT molecular complexity index is 1330. The lowest BCUT2D eigenvalue weighted by Gasteiger charge is -2.36. The number of halogens is 6. The Hall–Kier alpha value is -3.28. The first-order valence-electron chi connectivity index (χ1n) is 11.2. The summed E-state index contributed by atoms with van der Waals surface area (Å²) >= 11 is 0. The third kappa shape index (κ3) is 4.79. The van der Waals surface area contributed by atoms with Gasteiger partial charge in [-0.25, -0.2) is 9.97 Å². The Balaban J connectivity index is 1.20. The van der Waals surface area contributed by atoms with Gasteiger partial charge in [-0.1, -0.05) is 18.2 Å². The summed E-state index contributed by atoms with van der Waals surface area (Å²) in [5, 5.41) is 0. The molecule has 5 rings (SSSR count). The van der Waals surface area contributed by atoms with Crippen LogP contribution in [0.25, 0.3) is 22.1 Å². The van der Waals surface area contributed by atoms with Gasteiger partial charge >= 0.3 is 12.4 Å². The zero-order valence-corrected chi connectivity index (χ0v) is 18.5. The van der Waals surface area contributed by atoms with Crippen molar-refractivity contribution >= 4 is 27.8 Å². The van der Waals surface area contributed by atoms with E-state index < -0.39 is 24.0 Å². The van der Waals surface area contributed by atoms with Crippen LogP contribution in [0.3, 0.4) is 0 Å². The van der Waals surface area contributed by atoms with Crippen molar-refractivity contribution in [2.24, 2.45) is 0 Å². The van der Waals surface area contributed by atoms with Crippen molar-refractivity contribution in [3.05, 3.63) is 53.6 Å². The van der Waals surface area contributed by atoms with Crippen LogP contribution in [0.5, 0.6) is 0 Å². The molecule has 6 nitrogen and oxygen atoms in total. The van der Waals surface area contributed by atoms with Crippen LogP contribution in [0.2, 0.25) is 0 Å². The summed E-state index contributed by atoms with van der Waals surface area (Å²) in [4.78, 5) is 16.5. The second-order valence-corrected chi connectivity index (χ2v) is 8.59. The number of alkyl halides is 6. The van der Waals surface area contributed by atoms with Crippen LogP contribution >= 0.6 is 0 Å². The molecule has 1 saturated heterocycles. The highest BCUT2D eigenvalue weighted by atomic mass is 19.4. The number of aryl methyl sites for hydroxylation is 1. The SMILES string of the molecule is FC(F)(F)c1nc2c(CCCN3CCN(c4cccc5[nH]c(C(F)(F)F)nc45)CC3)cccc2[nH]1. The van der Waals surface area contributed by atoms with Crippen LogP contribution in [-0.4, -0.2) is 57.6 Å². The molecule has 2 N–H and O–H groups in total. The molecule has 2 aromatic heterocycles. The number of benzene rings is 2. The summed E-state index contributed by atoms with van der Waals surface area (Å²) in [6, 6.07) is 10.2. The molecule has 2 aromatic carbocycles. The summed E-state index contributed by atoms with van der Waals surface area (Å²) < 4.78 is 78.1. The van der Waals surface area contributed by atoms with Crippen molar-refractivity contribution in [3.8, 4) is 0 Å². The van der Waals surface area contributed by atoms with Crippen molar-refractivity contribution in [2.45, 2.75) is 25.2 Å². The number of nitrogens with zero attached hydrogens (tertiary/aromatic N) is 4. The highest BCUT2D eigenvalue weighted by Crippen LogP contribution is 2.33. The number of piperazine rings is 1. The van der Waals surface area contributed by atoms with Crippen LogP contribution in [0.4, 0.5) is 32.0 Å². The Morgan fingerprint density at radius 3 is 1.94 bits per heavy atom. The van der Waals surface area contributed by atoms with Crippen molar-refractivity contribution in [1.29, 1.82) is 0 Å². The van der Waals surface area contributed by atoms with Crippen molar-refractivity contribution < 1.29 is 26.3 Å². The first-order chi connectivity index (χ1) is 16.6. The maximum Gasteiger partial charge on any atom is 0.449 e. The Labute approximate surface area is 196 Å². The molecule has 4 aromatic rings. The molecule has 0 aliphatic carbocycles. The molecule has 0 amide bonds. The number of rotatable bonds is 5. The lowest BCUT2D eigenvalue weighted by molar-refractivity contribution is -0.144. The van der Waals surface area contributed by atoms with E-state index >= 15 is 0 Å². The zero-order chi connectivity index (χ0) is 24.8. The number of aromatic amines is 2. The predicted molar refractivity (Wildman–Crippen MR) is 119 cm³/mol. The van der Waals surface area contributed by atoms with Gasteiger partial charge in [-0.2, -0.15) is 26.3 Å². The molecule has 1 fully saturated rings. The second-order valence-electron chi connectivity index (χ2n) is 8.59. The molecular formula is C23H22F6N6. The molecule has 35 heavy (non-hydrogen) atoms. The summed E-state index contributed by atoms with van der Waals surface area (Å²) in [5.41, 5.74) is 2.79. The average Bonchev–Trinajstić information content (AvgIpc) is 3.44. The van der Waals surface area contributed by atoms with Gasteiger partial charge in [0.2, 0.25) is 11.6 Å². The number of H-pyrrole nitrogens is 2. The van der Waals surface area contributed by atoms with E-state index in [1.54, 1.807) is 36.4 Å². The van der Waals surface area contributed by atoms with Crippen LogP contribution in [0.1, 0.15) is 23.6 Å². The van der Waals surface area contributed by atoms with Crippen molar-refractivity contribution in [1.82, 2.24) is 24.8 Å². The van der Waals surface area contributed by atoms with Gasteiger partial charge in [0.25, 0.3) is 0 Å². The molecule has 1 aliphatic heterocycles. The molecule has 186 valence electrons. The summed E-state index contributed by atoms with van der Waals surface area (Å²) in [7, 11) is 0. The van der Waals surface area contributed by atoms with Crippen LogP contribution in [-0.2, 0) is 18.8 Å². The average molecular weight is 496 g/mol.